The Labute approximate surface area is 129 Å². The van der Waals surface area contributed by atoms with Gasteiger partial charge in [-0.3, -0.25) is 0 Å². The molecule has 0 bridgehead atoms. The first-order chi connectivity index (χ1) is 10.3. The van der Waals surface area contributed by atoms with Gasteiger partial charge in [-0.15, -0.1) is 6.58 Å². The molecule has 1 aliphatic heterocycles. The van der Waals surface area contributed by atoms with E-state index in [-0.39, 0.29) is 0 Å². The number of allylic oxidation sites excluding steroid dienone is 1. The summed E-state index contributed by atoms with van der Waals surface area (Å²) in [6, 6.07) is 0. The van der Waals surface area contributed by atoms with Gasteiger partial charge in [-0.2, -0.15) is 0 Å². The summed E-state index contributed by atoms with van der Waals surface area (Å²) in [6.07, 6.45) is 9.07. The minimum absolute atomic E-state index is 0.578. The number of hydrogen-bond acceptors (Lipinski definition) is 4. The fourth-order valence-corrected chi connectivity index (χ4v) is 3.20. The van der Waals surface area contributed by atoms with E-state index in [1.54, 1.807) is 0 Å². The minimum Gasteiger partial charge on any atom is -0.396 e. The Kier molecular flexibility index (Phi) is 7.24. The number of piperazine rings is 1. The van der Waals surface area contributed by atoms with Crippen LogP contribution in [-0.2, 0) is 4.84 Å². The maximum absolute atomic E-state index is 5.58. The average molecular weight is 293 g/mol. The van der Waals surface area contributed by atoms with E-state index >= 15 is 0 Å². The third-order valence-corrected chi connectivity index (χ3v) is 4.65. The van der Waals surface area contributed by atoms with Gasteiger partial charge >= 0.3 is 0 Å². The van der Waals surface area contributed by atoms with Crippen LogP contribution < -0.4 is 0 Å². The van der Waals surface area contributed by atoms with Gasteiger partial charge in [0, 0.05) is 38.6 Å². The molecule has 2 aliphatic rings. The van der Waals surface area contributed by atoms with Gasteiger partial charge in [-0.05, 0) is 39.2 Å². The zero-order valence-electron chi connectivity index (χ0n) is 13.6. The Bertz CT molecular complexity index is 335. The molecule has 1 saturated carbocycles. The summed E-state index contributed by atoms with van der Waals surface area (Å²) in [5, 5.41) is 4.42. The van der Waals surface area contributed by atoms with E-state index in [2.05, 4.69) is 28.6 Å². The quantitative estimate of drug-likeness (QED) is 0.410. The van der Waals surface area contributed by atoms with Crippen LogP contribution in [0.15, 0.2) is 17.8 Å². The van der Waals surface area contributed by atoms with E-state index in [1.165, 1.54) is 51.2 Å². The maximum atomic E-state index is 5.58. The lowest BCUT2D eigenvalue weighted by molar-refractivity contribution is 0.109. The fraction of sp³-hybridized carbons (Fsp3) is 0.824. The first-order valence-electron chi connectivity index (χ1n) is 8.50. The second-order valence-corrected chi connectivity index (χ2v) is 6.38. The molecule has 21 heavy (non-hydrogen) atoms. The van der Waals surface area contributed by atoms with Crippen LogP contribution in [0.3, 0.4) is 0 Å². The predicted octanol–water partition coefficient (Wildman–Crippen LogP) is 2.76. The van der Waals surface area contributed by atoms with Crippen molar-refractivity contribution < 1.29 is 4.84 Å². The third-order valence-electron chi connectivity index (χ3n) is 4.65. The highest BCUT2D eigenvalue weighted by Gasteiger charge is 2.19. The first-order valence-corrected chi connectivity index (χ1v) is 8.50. The van der Waals surface area contributed by atoms with Crippen molar-refractivity contribution in [2.45, 2.75) is 38.5 Å². The number of oxime groups is 1. The number of rotatable bonds is 7. The average Bonchev–Trinajstić information content (AvgIpc) is 2.51. The van der Waals surface area contributed by atoms with Gasteiger partial charge in [0.2, 0.25) is 0 Å². The summed E-state index contributed by atoms with van der Waals surface area (Å²) >= 11 is 0. The lowest BCUT2D eigenvalue weighted by atomic mass is 9.85. The van der Waals surface area contributed by atoms with Crippen molar-refractivity contribution in [2.75, 3.05) is 46.4 Å². The molecule has 1 aliphatic carbocycles. The van der Waals surface area contributed by atoms with Crippen molar-refractivity contribution in [3.63, 3.8) is 0 Å². The van der Waals surface area contributed by atoms with Crippen LogP contribution in [0.2, 0.25) is 0 Å². The molecule has 0 aromatic heterocycles. The van der Waals surface area contributed by atoms with E-state index in [0.29, 0.717) is 5.92 Å². The summed E-state index contributed by atoms with van der Waals surface area (Å²) in [6.45, 7) is 10.5. The van der Waals surface area contributed by atoms with Crippen LogP contribution in [0.25, 0.3) is 0 Å². The van der Waals surface area contributed by atoms with Gasteiger partial charge in [-0.1, -0.05) is 17.7 Å². The van der Waals surface area contributed by atoms with Crippen LogP contribution in [-0.4, -0.2) is 61.9 Å². The van der Waals surface area contributed by atoms with Crippen LogP contribution in [0, 0.1) is 5.92 Å². The molecular formula is C17H31N3O. The Hall–Kier alpha value is -0.870. The minimum atomic E-state index is 0.578. The molecule has 2 rings (SSSR count). The summed E-state index contributed by atoms with van der Waals surface area (Å²) in [4.78, 5) is 10.5. The second kappa shape index (κ2) is 9.21. The molecule has 1 atom stereocenters. The van der Waals surface area contributed by atoms with Crippen molar-refractivity contribution in [3.05, 3.63) is 12.7 Å². The van der Waals surface area contributed by atoms with Crippen molar-refractivity contribution in [1.82, 2.24) is 9.80 Å². The van der Waals surface area contributed by atoms with E-state index in [0.717, 1.165) is 32.4 Å². The molecule has 120 valence electrons. The summed E-state index contributed by atoms with van der Waals surface area (Å²) in [7, 11) is 2.19. The number of likely N-dealkylation sites (N-methyl/N-ethyl adjacent to an activating group) is 1. The Morgan fingerprint density at radius 3 is 2.86 bits per heavy atom. The summed E-state index contributed by atoms with van der Waals surface area (Å²) in [5.74, 6) is 0.578. The van der Waals surface area contributed by atoms with Crippen molar-refractivity contribution in [1.29, 1.82) is 0 Å². The van der Waals surface area contributed by atoms with Crippen LogP contribution in [0.4, 0.5) is 0 Å². The van der Waals surface area contributed by atoms with Gasteiger partial charge in [0.25, 0.3) is 0 Å². The van der Waals surface area contributed by atoms with Crippen LogP contribution in [0.5, 0.6) is 0 Å². The van der Waals surface area contributed by atoms with Crippen molar-refractivity contribution >= 4 is 5.71 Å². The molecule has 1 unspecified atom stereocenters. The van der Waals surface area contributed by atoms with E-state index in [4.69, 9.17) is 4.84 Å². The molecule has 1 heterocycles. The monoisotopic (exact) mass is 293 g/mol. The Morgan fingerprint density at radius 2 is 2.10 bits per heavy atom. The predicted molar refractivity (Wildman–Crippen MR) is 88.7 cm³/mol. The molecule has 1 saturated heterocycles. The molecule has 4 nitrogen and oxygen atoms in total. The van der Waals surface area contributed by atoms with E-state index < -0.39 is 0 Å². The highest BCUT2D eigenvalue weighted by atomic mass is 16.6. The van der Waals surface area contributed by atoms with Gasteiger partial charge in [-0.25, -0.2) is 0 Å². The van der Waals surface area contributed by atoms with Crippen molar-refractivity contribution in [3.8, 4) is 0 Å². The smallest absolute Gasteiger partial charge is 0.118 e. The van der Waals surface area contributed by atoms with Gasteiger partial charge < -0.3 is 14.6 Å². The highest BCUT2D eigenvalue weighted by molar-refractivity contribution is 5.87. The topological polar surface area (TPSA) is 28.1 Å². The van der Waals surface area contributed by atoms with E-state index in [9.17, 15) is 0 Å². The van der Waals surface area contributed by atoms with E-state index in [1.807, 2.05) is 6.08 Å². The molecule has 0 amide bonds. The molecular weight excluding hydrogens is 262 g/mol. The molecule has 0 radical (unpaired) electrons. The van der Waals surface area contributed by atoms with Crippen LogP contribution >= 0.6 is 0 Å². The van der Waals surface area contributed by atoms with Crippen LogP contribution in [0.1, 0.15) is 38.5 Å². The standard InChI is InChI=1S/C17H31N3O/c1-3-7-16-8-4-5-9-17(16)18-21-15-6-10-20-13-11-19(2)12-14-20/h3,16H,1,4-15H2,2H3. The van der Waals surface area contributed by atoms with Gasteiger partial charge in [0.1, 0.15) is 6.61 Å². The van der Waals surface area contributed by atoms with Crippen molar-refractivity contribution in [2.24, 2.45) is 11.1 Å². The largest absolute Gasteiger partial charge is 0.396 e. The fourth-order valence-electron chi connectivity index (χ4n) is 3.20. The van der Waals surface area contributed by atoms with Gasteiger partial charge in [0.05, 0.1) is 5.71 Å². The molecule has 0 N–H and O–H groups in total. The molecule has 0 spiro atoms. The molecule has 0 aromatic carbocycles. The maximum Gasteiger partial charge on any atom is 0.118 e. The first kappa shape index (κ1) is 16.5. The summed E-state index contributed by atoms with van der Waals surface area (Å²) in [5.41, 5.74) is 1.26. The second-order valence-electron chi connectivity index (χ2n) is 6.38. The zero-order valence-corrected chi connectivity index (χ0v) is 13.6. The lowest BCUT2D eigenvalue weighted by Gasteiger charge is -2.32. The third kappa shape index (κ3) is 5.79. The molecule has 2 fully saturated rings. The molecule has 0 aromatic rings. The number of nitrogens with zero attached hydrogens (tertiary/aromatic N) is 3. The Morgan fingerprint density at radius 1 is 1.29 bits per heavy atom. The van der Waals surface area contributed by atoms with Gasteiger partial charge in [0.15, 0.2) is 0 Å². The number of hydrogen-bond donors (Lipinski definition) is 0. The molecule has 4 heteroatoms. The SMILES string of the molecule is C=CCC1CCCCC1=NOCCCN1CCN(C)CC1. The normalized spacial score (nSPS) is 26.9. The lowest BCUT2D eigenvalue weighted by Crippen LogP contribution is -2.44. The Balaban J connectivity index is 1.61. The highest BCUT2D eigenvalue weighted by Crippen LogP contribution is 2.24. The zero-order chi connectivity index (χ0) is 14.9. The summed E-state index contributed by atoms with van der Waals surface area (Å²) < 4.78 is 0.